The van der Waals surface area contributed by atoms with E-state index >= 15 is 0 Å². The molecule has 0 heterocycles. The first kappa shape index (κ1) is 28.8. The lowest BCUT2D eigenvalue weighted by atomic mass is 10.0. The second-order valence-corrected chi connectivity index (χ2v) is 9.83. The average Bonchev–Trinajstić information content (AvgIpc) is 2.74. The fourth-order valence-corrected chi connectivity index (χ4v) is 4.95. The monoisotopic (exact) mass is 430 g/mol. The number of unbranched alkanes of at least 4 members (excludes halogenated alkanes) is 14. The minimum atomic E-state index is -0.0750. The Hall–Kier alpha value is -0.220. The summed E-state index contributed by atoms with van der Waals surface area (Å²) in [6.45, 7) is 2.60. The topological polar surface area (TPSA) is 46.5 Å². The second kappa shape index (κ2) is 24.1. The number of ether oxygens (including phenoxy) is 1. The van der Waals surface area contributed by atoms with Crippen molar-refractivity contribution in [1.82, 2.24) is 0 Å². The first-order chi connectivity index (χ1) is 14.2. The minimum Gasteiger partial charge on any atom is -0.469 e. The maximum absolute atomic E-state index is 11.0. The Labute approximate surface area is 186 Å². The van der Waals surface area contributed by atoms with E-state index in [1.807, 2.05) is 11.8 Å². The molecule has 4 heteroatoms. The molecule has 0 aliphatic heterocycles. The van der Waals surface area contributed by atoms with Crippen LogP contribution in [-0.4, -0.2) is 35.8 Å². The smallest absolute Gasteiger partial charge is 0.305 e. The van der Waals surface area contributed by atoms with Gasteiger partial charge < -0.3 is 9.84 Å². The summed E-state index contributed by atoms with van der Waals surface area (Å²) in [6, 6.07) is 0. The number of hydrogen-bond acceptors (Lipinski definition) is 4. The molecule has 0 rings (SSSR count). The highest BCUT2D eigenvalue weighted by atomic mass is 32.2. The number of hydrogen-bond donors (Lipinski definition) is 1. The molecule has 1 atom stereocenters. The maximum Gasteiger partial charge on any atom is 0.305 e. The van der Waals surface area contributed by atoms with E-state index in [-0.39, 0.29) is 5.97 Å². The molecule has 0 radical (unpaired) electrons. The number of aliphatic hydroxyl groups is 1. The van der Waals surface area contributed by atoms with Crippen LogP contribution in [0.25, 0.3) is 0 Å². The van der Waals surface area contributed by atoms with Gasteiger partial charge >= 0.3 is 5.97 Å². The predicted molar refractivity (Wildman–Crippen MR) is 129 cm³/mol. The van der Waals surface area contributed by atoms with Crippen molar-refractivity contribution in [2.24, 2.45) is 0 Å². The molecule has 1 unspecified atom stereocenters. The molecule has 0 aliphatic carbocycles. The summed E-state index contributed by atoms with van der Waals surface area (Å²) in [4.78, 5) is 11.0. The molecule has 0 fully saturated rings. The van der Waals surface area contributed by atoms with E-state index in [1.165, 1.54) is 110 Å². The Morgan fingerprint density at radius 3 is 1.66 bits per heavy atom. The van der Waals surface area contributed by atoms with Gasteiger partial charge in [0.25, 0.3) is 0 Å². The third-order valence-electron chi connectivity index (χ3n) is 5.71. The number of methoxy groups -OCH3 is 1. The molecule has 1 N–H and O–H groups in total. The van der Waals surface area contributed by atoms with Crippen molar-refractivity contribution in [3.8, 4) is 0 Å². The molecule has 0 saturated heterocycles. The van der Waals surface area contributed by atoms with Crippen molar-refractivity contribution in [1.29, 1.82) is 0 Å². The van der Waals surface area contributed by atoms with Crippen molar-refractivity contribution < 1.29 is 14.6 Å². The molecular weight excluding hydrogens is 380 g/mol. The van der Waals surface area contributed by atoms with E-state index in [4.69, 9.17) is 5.11 Å². The quantitative estimate of drug-likeness (QED) is 0.133. The van der Waals surface area contributed by atoms with Crippen LogP contribution < -0.4 is 0 Å². The molecule has 29 heavy (non-hydrogen) atoms. The molecule has 3 nitrogen and oxygen atoms in total. The van der Waals surface area contributed by atoms with Crippen molar-refractivity contribution >= 4 is 17.7 Å². The maximum atomic E-state index is 11.0. The molecule has 0 aromatic carbocycles. The zero-order valence-electron chi connectivity index (χ0n) is 19.6. The number of rotatable bonds is 23. The summed E-state index contributed by atoms with van der Waals surface area (Å²) in [5.74, 6) is 0.828. The summed E-state index contributed by atoms with van der Waals surface area (Å²) >= 11 is 2.00. The molecule has 0 amide bonds. The number of esters is 1. The Bertz CT molecular complexity index is 336. The minimum absolute atomic E-state index is 0.0750. The first-order valence-corrected chi connectivity index (χ1v) is 13.6. The van der Waals surface area contributed by atoms with Gasteiger partial charge in [0.05, 0.1) is 13.7 Å². The summed E-state index contributed by atoms with van der Waals surface area (Å²) in [5.41, 5.74) is 0. The van der Waals surface area contributed by atoms with Gasteiger partial charge in [-0.1, -0.05) is 103 Å². The summed E-state index contributed by atoms with van der Waals surface area (Å²) in [6.07, 6.45) is 24.4. The van der Waals surface area contributed by atoms with Gasteiger partial charge in [-0.25, -0.2) is 0 Å². The molecule has 174 valence electrons. The number of aliphatic hydroxyl groups excluding tert-OH is 1. The van der Waals surface area contributed by atoms with Crippen LogP contribution in [-0.2, 0) is 9.53 Å². The Morgan fingerprint density at radius 2 is 1.21 bits per heavy atom. The summed E-state index contributed by atoms with van der Waals surface area (Å²) < 4.78 is 4.66. The Balaban J connectivity index is 3.48. The van der Waals surface area contributed by atoms with Gasteiger partial charge in [0.2, 0.25) is 0 Å². The Kier molecular flexibility index (Phi) is 23.9. The number of thioether (sulfide) groups is 1. The fourth-order valence-electron chi connectivity index (χ4n) is 3.84. The molecular formula is C25H50O3S. The van der Waals surface area contributed by atoms with Crippen LogP contribution in [0.3, 0.4) is 0 Å². The zero-order valence-corrected chi connectivity index (χ0v) is 20.4. The summed E-state index contributed by atoms with van der Waals surface area (Å²) in [7, 11) is 1.46. The van der Waals surface area contributed by atoms with E-state index in [2.05, 4.69) is 11.7 Å². The highest BCUT2D eigenvalue weighted by Crippen LogP contribution is 2.24. The molecule has 0 bridgehead atoms. The zero-order chi connectivity index (χ0) is 21.4. The molecule has 0 aromatic heterocycles. The average molecular weight is 431 g/mol. The van der Waals surface area contributed by atoms with Gasteiger partial charge in [-0.2, -0.15) is 11.8 Å². The molecule has 0 saturated carbocycles. The van der Waals surface area contributed by atoms with Gasteiger partial charge in [0, 0.05) is 17.4 Å². The molecule has 0 aliphatic rings. The third-order valence-corrected chi connectivity index (χ3v) is 7.07. The Morgan fingerprint density at radius 1 is 0.759 bits per heavy atom. The van der Waals surface area contributed by atoms with Crippen LogP contribution in [0.2, 0.25) is 0 Å². The van der Waals surface area contributed by atoms with Crippen molar-refractivity contribution in [3.63, 3.8) is 0 Å². The van der Waals surface area contributed by atoms with Crippen LogP contribution in [0, 0.1) is 0 Å². The SMILES string of the molecule is CCCCCCCCC(CCCCCCCCCCCCC(=O)OC)SCCO. The van der Waals surface area contributed by atoms with E-state index in [1.54, 1.807) is 0 Å². The number of carbonyl (C=O) groups excluding carboxylic acids is 1. The molecule has 0 aromatic rings. The van der Waals surface area contributed by atoms with Crippen LogP contribution >= 0.6 is 11.8 Å². The fraction of sp³-hybridized carbons (Fsp3) is 0.960. The third kappa shape index (κ3) is 22.3. The van der Waals surface area contributed by atoms with Gasteiger partial charge in [0.1, 0.15) is 0 Å². The van der Waals surface area contributed by atoms with Crippen LogP contribution in [0.1, 0.15) is 129 Å². The van der Waals surface area contributed by atoms with Crippen molar-refractivity contribution in [2.75, 3.05) is 19.5 Å². The highest BCUT2D eigenvalue weighted by molar-refractivity contribution is 7.99. The van der Waals surface area contributed by atoms with Gasteiger partial charge in [0.15, 0.2) is 0 Å². The first-order valence-electron chi connectivity index (χ1n) is 12.5. The molecule has 0 spiro atoms. The predicted octanol–water partition coefficient (Wildman–Crippen LogP) is 7.69. The largest absolute Gasteiger partial charge is 0.469 e. The van der Waals surface area contributed by atoms with Gasteiger partial charge in [-0.05, 0) is 19.3 Å². The summed E-state index contributed by atoms with van der Waals surface area (Å²) in [5, 5.41) is 9.90. The van der Waals surface area contributed by atoms with E-state index in [0.717, 1.165) is 23.8 Å². The lowest BCUT2D eigenvalue weighted by molar-refractivity contribution is -0.140. The lowest BCUT2D eigenvalue weighted by Gasteiger charge is -2.16. The lowest BCUT2D eigenvalue weighted by Crippen LogP contribution is -2.05. The standard InChI is InChI=1S/C25H50O3S/c1-3-4-5-6-13-16-19-24(29-23-22-26)20-17-14-11-9-7-8-10-12-15-18-21-25(27)28-2/h24,26H,3-23H2,1-2H3. The van der Waals surface area contributed by atoms with E-state index in [0.29, 0.717) is 13.0 Å². The second-order valence-electron chi connectivity index (χ2n) is 8.42. The highest BCUT2D eigenvalue weighted by Gasteiger charge is 2.08. The van der Waals surface area contributed by atoms with Crippen molar-refractivity contribution in [3.05, 3.63) is 0 Å². The van der Waals surface area contributed by atoms with Gasteiger partial charge in [-0.15, -0.1) is 0 Å². The van der Waals surface area contributed by atoms with Crippen LogP contribution in [0.4, 0.5) is 0 Å². The normalized spacial score (nSPS) is 12.2. The van der Waals surface area contributed by atoms with E-state index < -0.39 is 0 Å². The van der Waals surface area contributed by atoms with E-state index in [9.17, 15) is 4.79 Å². The van der Waals surface area contributed by atoms with Gasteiger partial charge in [-0.3, -0.25) is 4.79 Å². The number of carbonyl (C=O) groups is 1. The van der Waals surface area contributed by atoms with Crippen LogP contribution in [0.15, 0.2) is 0 Å². The van der Waals surface area contributed by atoms with Crippen molar-refractivity contribution in [2.45, 2.75) is 134 Å². The van der Waals surface area contributed by atoms with Crippen LogP contribution in [0.5, 0.6) is 0 Å².